The molecule has 0 radical (unpaired) electrons. The topological polar surface area (TPSA) is 85.0 Å². The number of rotatable bonds is 8. The number of nitrogens with zero attached hydrogens (tertiary/aromatic N) is 3. The lowest BCUT2D eigenvalue weighted by Crippen LogP contribution is -2.45. The molecule has 1 heterocycles. The van der Waals surface area contributed by atoms with Crippen molar-refractivity contribution in [2.24, 2.45) is 0 Å². The first-order valence-corrected chi connectivity index (χ1v) is 8.98. The highest BCUT2D eigenvalue weighted by Gasteiger charge is 2.27. The van der Waals surface area contributed by atoms with Crippen LogP contribution in [0.3, 0.4) is 0 Å². The van der Waals surface area contributed by atoms with Crippen LogP contribution in [0.5, 0.6) is 0 Å². The van der Waals surface area contributed by atoms with E-state index in [0.717, 1.165) is 18.4 Å². The molecule has 1 aliphatic carbocycles. The third-order valence-electron chi connectivity index (χ3n) is 4.80. The van der Waals surface area contributed by atoms with Crippen LogP contribution in [0.25, 0.3) is 11.4 Å². The summed E-state index contributed by atoms with van der Waals surface area (Å²) < 4.78 is 11.1. The van der Waals surface area contributed by atoms with E-state index in [0.29, 0.717) is 25.1 Å². The van der Waals surface area contributed by atoms with Crippen LogP contribution in [0.4, 0.5) is 0 Å². The van der Waals surface area contributed by atoms with Gasteiger partial charge >= 0.3 is 0 Å². The Morgan fingerprint density at radius 1 is 1.20 bits per heavy atom. The summed E-state index contributed by atoms with van der Waals surface area (Å²) in [4.78, 5) is 0. The average molecular weight is 345 g/mol. The quantitative estimate of drug-likeness (QED) is 0.715. The maximum atomic E-state index is 6.03. The van der Waals surface area contributed by atoms with Crippen LogP contribution < -0.4 is 5.32 Å². The summed E-state index contributed by atoms with van der Waals surface area (Å²) in [5.41, 5.74) is 2.21. The van der Waals surface area contributed by atoms with Crippen LogP contribution in [-0.4, -0.2) is 53.1 Å². The van der Waals surface area contributed by atoms with E-state index < -0.39 is 0 Å². The molecule has 7 heteroatoms. The zero-order valence-corrected chi connectivity index (χ0v) is 14.9. The number of aromatic amines is 1. The van der Waals surface area contributed by atoms with Crippen LogP contribution in [0.15, 0.2) is 24.3 Å². The molecule has 1 fully saturated rings. The molecule has 25 heavy (non-hydrogen) atoms. The number of methoxy groups -OCH3 is 1. The Labute approximate surface area is 148 Å². The fourth-order valence-corrected chi connectivity index (χ4v) is 3.39. The lowest BCUT2D eigenvalue weighted by atomic mass is 9.91. The number of benzene rings is 1. The van der Waals surface area contributed by atoms with E-state index in [4.69, 9.17) is 9.47 Å². The van der Waals surface area contributed by atoms with Crippen molar-refractivity contribution in [2.45, 2.75) is 50.8 Å². The maximum absolute atomic E-state index is 6.03. The molecule has 0 amide bonds. The second-order valence-electron chi connectivity index (χ2n) is 6.54. The Kier molecular flexibility index (Phi) is 6.49. The third-order valence-corrected chi connectivity index (χ3v) is 4.80. The van der Waals surface area contributed by atoms with Gasteiger partial charge in [0.05, 0.1) is 19.3 Å². The van der Waals surface area contributed by atoms with Crippen LogP contribution in [0.1, 0.15) is 44.2 Å². The van der Waals surface area contributed by atoms with E-state index in [-0.39, 0.29) is 12.1 Å². The van der Waals surface area contributed by atoms with E-state index in [1.165, 1.54) is 18.4 Å². The van der Waals surface area contributed by atoms with Gasteiger partial charge in [-0.2, -0.15) is 5.21 Å². The Hall–Kier alpha value is -1.83. The zero-order chi connectivity index (χ0) is 17.5. The van der Waals surface area contributed by atoms with Crippen molar-refractivity contribution in [3.05, 3.63) is 29.8 Å². The Bertz CT molecular complexity index is 617. The van der Waals surface area contributed by atoms with Gasteiger partial charge in [-0.1, -0.05) is 37.1 Å². The van der Waals surface area contributed by atoms with Crippen LogP contribution >= 0.6 is 0 Å². The van der Waals surface area contributed by atoms with Gasteiger partial charge in [-0.25, -0.2) is 0 Å². The fourth-order valence-electron chi connectivity index (χ4n) is 3.39. The molecule has 0 bridgehead atoms. The molecule has 1 aromatic heterocycles. The summed E-state index contributed by atoms with van der Waals surface area (Å²) in [5, 5.41) is 17.9. The predicted octanol–water partition coefficient (Wildman–Crippen LogP) is 2.49. The molecule has 0 spiro atoms. The number of H-pyrrole nitrogens is 1. The van der Waals surface area contributed by atoms with E-state index in [1.807, 2.05) is 12.1 Å². The second kappa shape index (κ2) is 9.03. The van der Waals surface area contributed by atoms with Crippen molar-refractivity contribution in [1.29, 1.82) is 0 Å². The van der Waals surface area contributed by atoms with Gasteiger partial charge in [0.15, 0.2) is 0 Å². The standard InChI is InChI=1S/C18H27N5O2/c1-13(14-7-9-15(10-8-14)18-20-22-23-21-18)19-16-5-3-4-6-17(16)25-12-11-24-2/h7-10,13,16-17,19H,3-6,11-12H2,1-2H3,(H,20,21,22,23)/t13?,16-,17-/m1/s1. The van der Waals surface area contributed by atoms with Crippen molar-refractivity contribution >= 4 is 0 Å². The van der Waals surface area contributed by atoms with Gasteiger partial charge in [-0.3, -0.25) is 0 Å². The molecule has 1 aromatic carbocycles. The third kappa shape index (κ3) is 4.84. The van der Waals surface area contributed by atoms with Crippen LogP contribution in [0.2, 0.25) is 0 Å². The van der Waals surface area contributed by atoms with E-state index in [1.54, 1.807) is 7.11 Å². The average Bonchev–Trinajstić information content (AvgIpc) is 3.18. The van der Waals surface area contributed by atoms with Crippen molar-refractivity contribution < 1.29 is 9.47 Å². The second-order valence-corrected chi connectivity index (χ2v) is 6.54. The van der Waals surface area contributed by atoms with Crippen molar-refractivity contribution in [3.63, 3.8) is 0 Å². The van der Waals surface area contributed by atoms with Gasteiger partial charge < -0.3 is 14.8 Å². The summed E-state index contributed by atoms with van der Waals surface area (Å²) in [7, 11) is 1.71. The van der Waals surface area contributed by atoms with Gasteiger partial charge in [0.25, 0.3) is 0 Å². The Morgan fingerprint density at radius 3 is 2.72 bits per heavy atom. The maximum Gasteiger partial charge on any atom is 0.204 e. The molecule has 2 N–H and O–H groups in total. The Balaban J connectivity index is 1.59. The number of hydrogen-bond acceptors (Lipinski definition) is 6. The summed E-state index contributed by atoms with van der Waals surface area (Å²) in [6.07, 6.45) is 5.04. The number of nitrogens with one attached hydrogen (secondary N) is 2. The largest absolute Gasteiger partial charge is 0.382 e. The molecular weight excluding hydrogens is 318 g/mol. The molecule has 7 nitrogen and oxygen atoms in total. The van der Waals surface area contributed by atoms with E-state index in [9.17, 15) is 0 Å². The Morgan fingerprint density at radius 2 is 2.00 bits per heavy atom. The highest BCUT2D eigenvalue weighted by Crippen LogP contribution is 2.25. The number of hydrogen-bond donors (Lipinski definition) is 2. The summed E-state index contributed by atoms with van der Waals surface area (Å²) in [6.45, 7) is 3.51. The van der Waals surface area contributed by atoms with Gasteiger partial charge in [-0.15, -0.1) is 10.2 Å². The van der Waals surface area contributed by atoms with Crippen molar-refractivity contribution in [2.75, 3.05) is 20.3 Å². The first-order chi connectivity index (χ1) is 12.3. The van der Waals surface area contributed by atoms with Gasteiger partial charge in [-0.05, 0) is 30.5 Å². The molecule has 0 saturated heterocycles. The summed E-state index contributed by atoms with van der Waals surface area (Å²) >= 11 is 0. The number of aromatic nitrogens is 4. The van der Waals surface area contributed by atoms with Crippen LogP contribution in [0, 0.1) is 0 Å². The normalized spacial score (nSPS) is 22.0. The van der Waals surface area contributed by atoms with E-state index >= 15 is 0 Å². The molecule has 136 valence electrons. The first-order valence-electron chi connectivity index (χ1n) is 8.98. The van der Waals surface area contributed by atoms with Crippen molar-refractivity contribution in [3.8, 4) is 11.4 Å². The molecule has 1 unspecified atom stereocenters. The minimum absolute atomic E-state index is 0.260. The zero-order valence-electron chi connectivity index (χ0n) is 14.9. The monoisotopic (exact) mass is 345 g/mol. The lowest BCUT2D eigenvalue weighted by molar-refractivity contribution is -0.0197. The first kappa shape index (κ1) is 18.0. The predicted molar refractivity (Wildman–Crippen MR) is 95.0 cm³/mol. The fraction of sp³-hybridized carbons (Fsp3) is 0.611. The number of tetrazole rings is 1. The molecular formula is C18H27N5O2. The van der Waals surface area contributed by atoms with Crippen molar-refractivity contribution in [1.82, 2.24) is 25.9 Å². The summed E-state index contributed by atoms with van der Waals surface area (Å²) in [5.74, 6) is 0.617. The van der Waals surface area contributed by atoms with Gasteiger partial charge in [0.2, 0.25) is 5.82 Å². The minimum Gasteiger partial charge on any atom is -0.382 e. The lowest BCUT2D eigenvalue weighted by Gasteiger charge is -2.34. The van der Waals surface area contributed by atoms with E-state index in [2.05, 4.69) is 45.0 Å². The minimum atomic E-state index is 0.260. The molecule has 3 atom stereocenters. The SMILES string of the molecule is COCCO[C@@H]1CCCC[C@H]1NC(C)c1ccc(-c2nn[nH]n2)cc1. The highest BCUT2D eigenvalue weighted by atomic mass is 16.5. The van der Waals surface area contributed by atoms with Gasteiger partial charge in [0.1, 0.15) is 0 Å². The highest BCUT2D eigenvalue weighted by molar-refractivity contribution is 5.54. The van der Waals surface area contributed by atoms with Crippen LogP contribution in [-0.2, 0) is 9.47 Å². The molecule has 1 saturated carbocycles. The molecule has 3 rings (SSSR count). The smallest absolute Gasteiger partial charge is 0.204 e. The van der Waals surface area contributed by atoms with Gasteiger partial charge in [0, 0.05) is 24.8 Å². The molecule has 0 aliphatic heterocycles. The molecule has 1 aliphatic rings. The molecule has 2 aromatic rings. The number of ether oxygens (including phenoxy) is 2. The summed E-state index contributed by atoms with van der Waals surface area (Å²) in [6, 6.07) is 8.95.